The van der Waals surface area contributed by atoms with E-state index in [0.29, 0.717) is 18.1 Å². The topological polar surface area (TPSA) is 87.5 Å². The van der Waals surface area contributed by atoms with E-state index in [0.717, 1.165) is 78.2 Å². The smallest absolute Gasteiger partial charge is 0.225 e. The maximum absolute atomic E-state index is 9.40. The summed E-state index contributed by atoms with van der Waals surface area (Å²) in [6, 6.07) is 8.37. The molecule has 1 aliphatic carbocycles. The van der Waals surface area contributed by atoms with Gasteiger partial charge in [-0.2, -0.15) is 0 Å². The van der Waals surface area contributed by atoms with E-state index in [1.807, 2.05) is 12.4 Å². The summed E-state index contributed by atoms with van der Waals surface area (Å²) in [5.74, 6) is 1.15. The Labute approximate surface area is 222 Å². The summed E-state index contributed by atoms with van der Waals surface area (Å²) in [5, 5.41) is 20.1. The molecule has 0 bridgehead atoms. The highest BCUT2D eigenvalue weighted by Gasteiger charge is 2.26. The molecule has 3 aliphatic rings. The second-order valence-electron chi connectivity index (χ2n) is 10.6. The highest BCUT2D eigenvalue weighted by atomic mass is 32.1. The molecule has 6 rings (SSSR count). The lowest BCUT2D eigenvalue weighted by Crippen LogP contribution is -2.39. The molecule has 2 aliphatic heterocycles. The molecule has 3 aromatic rings. The van der Waals surface area contributed by atoms with Gasteiger partial charge in [0.25, 0.3) is 0 Å². The highest BCUT2D eigenvalue weighted by Crippen LogP contribution is 2.33. The number of aliphatic hydroxyl groups excluding tert-OH is 1. The Hall–Kier alpha value is -2.62. The molecule has 1 aromatic carbocycles. The van der Waals surface area contributed by atoms with Crippen molar-refractivity contribution in [1.29, 1.82) is 0 Å². The van der Waals surface area contributed by atoms with Crippen LogP contribution < -0.4 is 9.80 Å². The summed E-state index contributed by atoms with van der Waals surface area (Å²) in [7, 11) is 0. The maximum atomic E-state index is 9.40. The third-order valence-electron chi connectivity index (χ3n) is 7.99. The number of anilines is 2. The molecule has 8 nitrogen and oxygen atoms in total. The van der Waals surface area contributed by atoms with E-state index in [9.17, 15) is 5.11 Å². The second-order valence-corrected chi connectivity index (χ2v) is 11.6. The molecule has 9 heteroatoms. The second kappa shape index (κ2) is 11.4. The quantitative estimate of drug-likeness (QED) is 0.475. The zero-order chi connectivity index (χ0) is 25.0. The lowest BCUT2D eigenvalue weighted by atomic mass is 9.97. The molecule has 0 amide bonds. The number of benzene rings is 1. The van der Waals surface area contributed by atoms with Gasteiger partial charge in [0.2, 0.25) is 11.1 Å². The van der Waals surface area contributed by atoms with Crippen LogP contribution in [0.2, 0.25) is 0 Å². The number of hydrogen-bond acceptors (Lipinski definition) is 9. The van der Waals surface area contributed by atoms with E-state index in [4.69, 9.17) is 14.7 Å². The van der Waals surface area contributed by atoms with Crippen molar-refractivity contribution in [2.75, 3.05) is 42.6 Å². The molecule has 2 aromatic heterocycles. The van der Waals surface area contributed by atoms with Crippen LogP contribution >= 0.6 is 11.3 Å². The number of piperidine rings is 1. The minimum Gasteiger partial charge on any atom is -0.396 e. The van der Waals surface area contributed by atoms with Crippen LogP contribution in [-0.4, -0.2) is 70.3 Å². The first kappa shape index (κ1) is 24.7. The van der Waals surface area contributed by atoms with Gasteiger partial charge < -0.3 is 19.6 Å². The molecule has 1 N–H and O–H groups in total. The van der Waals surface area contributed by atoms with Gasteiger partial charge in [0, 0.05) is 62.2 Å². The minimum atomic E-state index is 0.238. The summed E-state index contributed by atoms with van der Waals surface area (Å²) in [6.07, 6.45) is 14.3. The molecule has 1 atom stereocenters. The van der Waals surface area contributed by atoms with Crippen molar-refractivity contribution in [2.45, 2.75) is 63.6 Å². The molecule has 0 spiro atoms. The van der Waals surface area contributed by atoms with Gasteiger partial charge in [-0.05, 0) is 37.7 Å². The number of ether oxygens (including phenoxy) is 1. The van der Waals surface area contributed by atoms with Crippen LogP contribution in [0.1, 0.15) is 51.4 Å². The number of rotatable bonds is 7. The van der Waals surface area contributed by atoms with E-state index >= 15 is 0 Å². The van der Waals surface area contributed by atoms with Gasteiger partial charge in [-0.15, -0.1) is 10.2 Å². The number of aliphatic hydroxyl groups is 1. The highest BCUT2D eigenvalue weighted by molar-refractivity contribution is 7.18. The average Bonchev–Trinajstić information content (AvgIpc) is 3.65. The summed E-state index contributed by atoms with van der Waals surface area (Å²) in [5.41, 5.74) is 3.15. The molecule has 2 saturated heterocycles. The molecule has 0 radical (unpaired) electrons. The number of hydrogen-bond donors (Lipinski definition) is 1. The Morgan fingerprint density at radius 2 is 1.46 bits per heavy atom. The van der Waals surface area contributed by atoms with Gasteiger partial charge in [-0.1, -0.05) is 54.9 Å². The van der Waals surface area contributed by atoms with Crippen molar-refractivity contribution in [3.8, 4) is 21.7 Å². The predicted molar refractivity (Wildman–Crippen MR) is 147 cm³/mol. The van der Waals surface area contributed by atoms with E-state index in [1.165, 1.54) is 32.1 Å². The van der Waals surface area contributed by atoms with E-state index in [-0.39, 0.29) is 6.61 Å². The minimum absolute atomic E-state index is 0.238. The fourth-order valence-corrected chi connectivity index (χ4v) is 6.60. The largest absolute Gasteiger partial charge is 0.396 e. The summed E-state index contributed by atoms with van der Waals surface area (Å²) in [6.45, 7) is 3.93. The van der Waals surface area contributed by atoms with Gasteiger partial charge in [-0.25, -0.2) is 9.97 Å². The van der Waals surface area contributed by atoms with Crippen molar-refractivity contribution < 1.29 is 9.84 Å². The Morgan fingerprint density at radius 3 is 2.16 bits per heavy atom. The first-order chi connectivity index (χ1) is 18.2. The molecule has 4 heterocycles. The summed E-state index contributed by atoms with van der Waals surface area (Å²) in [4.78, 5) is 13.9. The fraction of sp³-hybridized carbons (Fsp3) is 0.571. The number of nitrogens with zero attached hydrogens (tertiary/aromatic N) is 6. The van der Waals surface area contributed by atoms with Crippen molar-refractivity contribution in [3.05, 3.63) is 36.7 Å². The average molecular weight is 521 g/mol. The van der Waals surface area contributed by atoms with Crippen LogP contribution in [0, 0.1) is 5.92 Å². The van der Waals surface area contributed by atoms with Crippen molar-refractivity contribution in [2.24, 2.45) is 5.92 Å². The Kier molecular flexibility index (Phi) is 7.62. The van der Waals surface area contributed by atoms with Gasteiger partial charge in [-0.3, -0.25) is 0 Å². The van der Waals surface area contributed by atoms with E-state index < -0.39 is 0 Å². The first-order valence-electron chi connectivity index (χ1n) is 13.8. The third-order valence-corrected chi connectivity index (χ3v) is 9.03. The maximum Gasteiger partial charge on any atom is 0.225 e. The van der Waals surface area contributed by atoms with E-state index in [2.05, 4.69) is 44.3 Å². The summed E-state index contributed by atoms with van der Waals surface area (Å²) >= 11 is 1.61. The summed E-state index contributed by atoms with van der Waals surface area (Å²) < 4.78 is 6.38. The number of aromatic nitrogens is 4. The standard InChI is InChI=1S/C28H36N6O2S/c35-19-20-10-13-34(18-20)28-32-31-26(37-28)22-8-6-21(7-9-22)23-16-29-27(30-17-23)33-14-11-25(12-15-33)36-24-4-2-1-3-5-24/h6-9,16-17,20,24-25,35H,1-5,10-15,18-19H2. The molecular formula is C28H36N6O2S. The Morgan fingerprint density at radius 1 is 0.784 bits per heavy atom. The van der Waals surface area contributed by atoms with Crippen molar-refractivity contribution >= 4 is 22.4 Å². The van der Waals surface area contributed by atoms with Gasteiger partial charge >= 0.3 is 0 Å². The van der Waals surface area contributed by atoms with Crippen molar-refractivity contribution in [3.63, 3.8) is 0 Å². The molecule has 1 unspecified atom stereocenters. The van der Waals surface area contributed by atoms with Crippen LogP contribution in [-0.2, 0) is 4.74 Å². The normalized spacial score (nSPS) is 21.6. The van der Waals surface area contributed by atoms with Crippen molar-refractivity contribution in [1.82, 2.24) is 20.2 Å². The van der Waals surface area contributed by atoms with Gasteiger partial charge in [0.15, 0.2) is 0 Å². The van der Waals surface area contributed by atoms with Crippen LogP contribution in [0.5, 0.6) is 0 Å². The first-order valence-corrected chi connectivity index (χ1v) is 14.6. The predicted octanol–water partition coefficient (Wildman–Crippen LogP) is 4.80. The molecule has 3 fully saturated rings. The molecule has 1 saturated carbocycles. The Bertz CT molecular complexity index is 1140. The monoisotopic (exact) mass is 520 g/mol. The molecule has 196 valence electrons. The van der Waals surface area contributed by atoms with Crippen LogP contribution in [0.3, 0.4) is 0 Å². The lowest BCUT2D eigenvalue weighted by molar-refractivity contribution is -0.0396. The Balaban J connectivity index is 1.04. The molecule has 37 heavy (non-hydrogen) atoms. The lowest BCUT2D eigenvalue weighted by Gasteiger charge is -2.34. The van der Waals surface area contributed by atoms with Crippen LogP contribution in [0.4, 0.5) is 11.1 Å². The SMILES string of the molecule is OCC1CCN(c2nnc(-c3ccc(-c4cnc(N5CCC(OC6CCCCC6)CC5)nc4)cc3)s2)C1. The third kappa shape index (κ3) is 5.78. The van der Waals surface area contributed by atoms with Crippen LogP contribution in [0.15, 0.2) is 36.7 Å². The molecular weight excluding hydrogens is 484 g/mol. The fourth-order valence-electron chi connectivity index (χ4n) is 5.72. The zero-order valence-corrected chi connectivity index (χ0v) is 22.2. The van der Waals surface area contributed by atoms with E-state index in [1.54, 1.807) is 11.3 Å². The van der Waals surface area contributed by atoms with Crippen LogP contribution in [0.25, 0.3) is 21.7 Å². The zero-order valence-electron chi connectivity index (χ0n) is 21.3. The van der Waals surface area contributed by atoms with Gasteiger partial charge in [0.1, 0.15) is 5.01 Å². The van der Waals surface area contributed by atoms with Gasteiger partial charge in [0.05, 0.1) is 12.2 Å².